The molecule has 8 heteroatoms. The van der Waals surface area contributed by atoms with Gasteiger partial charge in [0.2, 0.25) is 5.91 Å². The van der Waals surface area contributed by atoms with Crippen molar-refractivity contribution in [2.75, 3.05) is 35.2 Å². The van der Waals surface area contributed by atoms with Crippen LogP contribution in [0, 0.1) is 5.82 Å². The maximum absolute atomic E-state index is 13.6. The van der Waals surface area contributed by atoms with E-state index in [1.54, 1.807) is 6.07 Å². The monoisotopic (exact) mass is 381 g/mol. The largest absolute Gasteiger partial charge is 0.416 e. The molecule has 0 saturated carbocycles. The molecule has 1 fully saturated rings. The molecule has 3 rings (SSSR count). The lowest BCUT2D eigenvalue weighted by Gasteiger charge is -2.23. The molecule has 1 heterocycles. The number of nitrogens with zero attached hydrogens (tertiary/aromatic N) is 1. The van der Waals surface area contributed by atoms with Crippen LogP contribution in [0.4, 0.5) is 34.6 Å². The minimum Gasteiger partial charge on any atom is -0.374 e. The zero-order chi connectivity index (χ0) is 19.4. The lowest BCUT2D eigenvalue weighted by molar-refractivity contribution is -0.137. The lowest BCUT2D eigenvalue weighted by Crippen LogP contribution is -2.25. The first-order chi connectivity index (χ1) is 12.8. The van der Waals surface area contributed by atoms with Gasteiger partial charge in [-0.1, -0.05) is 12.1 Å². The van der Waals surface area contributed by atoms with Crippen LogP contribution in [0.5, 0.6) is 0 Å². The first-order valence-electron chi connectivity index (χ1n) is 8.59. The Hall–Kier alpha value is -2.77. The van der Waals surface area contributed by atoms with Crippen molar-refractivity contribution in [2.24, 2.45) is 0 Å². The van der Waals surface area contributed by atoms with E-state index in [9.17, 15) is 22.4 Å². The van der Waals surface area contributed by atoms with Gasteiger partial charge in [-0.25, -0.2) is 4.39 Å². The molecular formula is C19H19F4N3O. The topological polar surface area (TPSA) is 44.4 Å². The number of rotatable bonds is 5. The van der Waals surface area contributed by atoms with Gasteiger partial charge < -0.3 is 15.5 Å². The van der Waals surface area contributed by atoms with Crippen molar-refractivity contribution in [3.05, 3.63) is 53.8 Å². The maximum Gasteiger partial charge on any atom is 0.416 e. The lowest BCUT2D eigenvalue weighted by atomic mass is 10.1. The van der Waals surface area contributed by atoms with Crippen molar-refractivity contribution in [2.45, 2.75) is 19.0 Å². The fourth-order valence-corrected chi connectivity index (χ4v) is 3.02. The summed E-state index contributed by atoms with van der Waals surface area (Å²) in [7, 11) is 0. The van der Waals surface area contributed by atoms with E-state index in [0.29, 0.717) is 5.69 Å². The standard InChI is InChI=1S/C19H19F4N3O/c20-14-5-1-2-6-15(14)25-18(27)12-24-16-11-13(19(21,22)23)7-8-17(16)26-9-3-4-10-26/h1-2,5-8,11,24H,3-4,9-10,12H2,(H,25,27). The average molecular weight is 381 g/mol. The van der Waals surface area contributed by atoms with E-state index < -0.39 is 23.5 Å². The number of amides is 1. The number of carbonyl (C=O) groups is 1. The Morgan fingerprint density at radius 3 is 2.41 bits per heavy atom. The summed E-state index contributed by atoms with van der Waals surface area (Å²) in [6.07, 6.45) is -2.54. The van der Waals surface area contributed by atoms with Crippen LogP contribution in [0.1, 0.15) is 18.4 Å². The summed E-state index contributed by atoms with van der Waals surface area (Å²) in [5, 5.41) is 5.17. The zero-order valence-corrected chi connectivity index (χ0v) is 14.4. The van der Waals surface area contributed by atoms with Gasteiger partial charge in [0.1, 0.15) is 5.82 Å². The van der Waals surface area contributed by atoms with Crippen LogP contribution in [0.3, 0.4) is 0 Å². The van der Waals surface area contributed by atoms with Crippen LogP contribution < -0.4 is 15.5 Å². The molecule has 1 saturated heterocycles. The number of hydrogen-bond acceptors (Lipinski definition) is 3. The summed E-state index contributed by atoms with van der Waals surface area (Å²) < 4.78 is 52.7. The van der Waals surface area contributed by atoms with Gasteiger partial charge >= 0.3 is 6.18 Å². The van der Waals surface area contributed by atoms with Gasteiger partial charge in [0.25, 0.3) is 0 Å². The van der Waals surface area contributed by atoms with Crippen LogP contribution in [0.15, 0.2) is 42.5 Å². The van der Waals surface area contributed by atoms with Gasteiger partial charge in [0.15, 0.2) is 0 Å². The molecular weight excluding hydrogens is 362 g/mol. The van der Waals surface area contributed by atoms with Crippen molar-refractivity contribution in [1.29, 1.82) is 0 Å². The summed E-state index contributed by atoms with van der Waals surface area (Å²) in [5.41, 5.74) is 0.0881. The highest BCUT2D eigenvalue weighted by molar-refractivity contribution is 5.94. The highest BCUT2D eigenvalue weighted by Gasteiger charge is 2.31. The molecule has 0 bridgehead atoms. The minimum absolute atomic E-state index is 0.0214. The molecule has 0 aromatic heterocycles. The van der Waals surface area contributed by atoms with Crippen molar-refractivity contribution in [1.82, 2.24) is 0 Å². The van der Waals surface area contributed by atoms with E-state index in [2.05, 4.69) is 10.6 Å². The molecule has 2 aromatic rings. The average Bonchev–Trinajstić information content (AvgIpc) is 3.15. The van der Waals surface area contributed by atoms with E-state index in [0.717, 1.165) is 38.1 Å². The summed E-state index contributed by atoms with van der Waals surface area (Å²) in [5.74, 6) is -1.13. The number of alkyl halides is 3. The first-order valence-corrected chi connectivity index (χ1v) is 8.59. The Labute approximate surface area is 154 Å². The first kappa shape index (κ1) is 19.0. The Kier molecular flexibility index (Phi) is 5.53. The molecule has 2 aromatic carbocycles. The van der Waals surface area contributed by atoms with Gasteiger partial charge in [-0.05, 0) is 43.2 Å². The third-order valence-corrected chi connectivity index (χ3v) is 4.36. The summed E-state index contributed by atoms with van der Waals surface area (Å²) in [6, 6.07) is 9.15. The second kappa shape index (κ2) is 7.85. The predicted molar refractivity (Wildman–Crippen MR) is 96.4 cm³/mol. The number of hydrogen-bond donors (Lipinski definition) is 2. The van der Waals surface area contributed by atoms with Crippen LogP contribution >= 0.6 is 0 Å². The smallest absolute Gasteiger partial charge is 0.374 e. The summed E-state index contributed by atoms with van der Waals surface area (Å²) >= 11 is 0. The molecule has 4 nitrogen and oxygen atoms in total. The second-order valence-electron chi connectivity index (χ2n) is 6.31. The summed E-state index contributed by atoms with van der Waals surface area (Å²) in [6.45, 7) is 1.22. The zero-order valence-electron chi connectivity index (χ0n) is 14.4. The van der Waals surface area contributed by atoms with E-state index >= 15 is 0 Å². The normalized spacial score (nSPS) is 14.3. The van der Waals surface area contributed by atoms with Crippen LogP contribution in [0.2, 0.25) is 0 Å². The Morgan fingerprint density at radius 1 is 1.04 bits per heavy atom. The van der Waals surface area contributed by atoms with Gasteiger partial charge in [0, 0.05) is 13.1 Å². The quantitative estimate of drug-likeness (QED) is 0.750. The van der Waals surface area contributed by atoms with Gasteiger partial charge in [-0.3, -0.25) is 4.79 Å². The molecule has 2 N–H and O–H groups in total. The van der Waals surface area contributed by atoms with Crippen molar-refractivity contribution in [3.8, 4) is 0 Å². The number of para-hydroxylation sites is 1. The van der Waals surface area contributed by atoms with Crippen molar-refractivity contribution < 1.29 is 22.4 Å². The van der Waals surface area contributed by atoms with Crippen LogP contribution in [-0.2, 0) is 11.0 Å². The Bertz CT molecular complexity index is 817. The maximum atomic E-state index is 13.6. The SMILES string of the molecule is O=C(CNc1cc(C(F)(F)F)ccc1N1CCCC1)Nc1ccccc1F. The molecule has 0 aliphatic carbocycles. The molecule has 1 aliphatic heterocycles. The van der Waals surface area contributed by atoms with Gasteiger partial charge in [0.05, 0.1) is 29.2 Å². The molecule has 0 atom stereocenters. The fraction of sp³-hybridized carbons (Fsp3) is 0.316. The number of benzene rings is 2. The van der Waals surface area contributed by atoms with Crippen molar-refractivity contribution >= 4 is 23.0 Å². The van der Waals surface area contributed by atoms with E-state index in [-0.39, 0.29) is 17.9 Å². The molecule has 0 unspecified atom stereocenters. The second-order valence-corrected chi connectivity index (χ2v) is 6.31. The fourth-order valence-electron chi connectivity index (χ4n) is 3.02. The molecule has 0 radical (unpaired) electrons. The van der Waals surface area contributed by atoms with Gasteiger partial charge in [-0.15, -0.1) is 0 Å². The number of halogens is 4. The van der Waals surface area contributed by atoms with E-state index in [4.69, 9.17) is 0 Å². The summed E-state index contributed by atoms with van der Waals surface area (Å²) in [4.78, 5) is 14.1. The number of carbonyl (C=O) groups excluding carboxylic acids is 1. The predicted octanol–water partition coefficient (Wildman–Crippen LogP) is 4.50. The number of anilines is 3. The van der Waals surface area contributed by atoms with Crippen LogP contribution in [0.25, 0.3) is 0 Å². The van der Waals surface area contributed by atoms with Crippen molar-refractivity contribution in [3.63, 3.8) is 0 Å². The van der Waals surface area contributed by atoms with E-state index in [1.165, 1.54) is 24.3 Å². The molecule has 27 heavy (non-hydrogen) atoms. The minimum atomic E-state index is -4.48. The molecule has 144 valence electrons. The molecule has 0 spiro atoms. The third-order valence-electron chi connectivity index (χ3n) is 4.36. The van der Waals surface area contributed by atoms with Gasteiger partial charge in [-0.2, -0.15) is 13.2 Å². The third kappa shape index (κ3) is 4.69. The Morgan fingerprint density at radius 2 is 1.74 bits per heavy atom. The van der Waals surface area contributed by atoms with Crippen LogP contribution in [-0.4, -0.2) is 25.5 Å². The molecule has 1 aliphatic rings. The number of nitrogens with one attached hydrogen (secondary N) is 2. The Balaban J connectivity index is 1.75. The highest BCUT2D eigenvalue weighted by Crippen LogP contribution is 2.36. The molecule has 1 amide bonds. The highest BCUT2D eigenvalue weighted by atomic mass is 19.4. The van der Waals surface area contributed by atoms with E-state index in [1.807, 2.05) is 4.90 Å².